The molecule has 0 atom stereocenters. The number of hydrogen-bond acceptors (Lipinski definition) is 2. The van der Waals surface area contributed by atoms with Gasteiger partial charge in [0.25, 0.3) is 0 Å². The predicted molar refractivity (Wildman–Crippen MR) is 111 cm³/mol. The second-order valence-corrected chi connectivity index (χ2v) is 9.66. The first-order valence-corrected chi connectivity index (χ1v) is 12.2. The van der Waals surface area contributed by atoms with Gasteiger partial charge in [0, 0.05) is 12.1 Å². The van der Waals surface area contributed by atoms with E-state index < -0.39 is 0 Å². The molecule has 2 rings (SSSR count). The standard InChI is InChI=1S/C21H36NS2.ClH/c1-3-5-6-7-8-9-10-11-12-19-17-23-21(24-18-19)20-13-15-22(4-2)16-14-20;/h13-16,19,21H,3-12,17-18H2,1-2H3;1H/q+1;/p-1. The van der Waals surface area contributed by atoms with Crippen molar-refractivity contribution >= 4 is 23.5 Å². The molecule has 1 aromatic heterocycles. The molecule has 0 amide bonds. The van der Waals surface area contributed by atoms with E-state index >= 15 is 0 Å². The second-order valence-electron chi connectivity index (χ2n) is 7.09. The summed E-state index contributed by atoms with van der Waals surface area (Å²) in [5.74, 6) is 3.66. The zero-order valence-electron chi connectivity index (χ0n) is 16.1. The van der Waals surface area contributed by atoms with E-state index in [2.05, 4.69) is 66.5 Å². The van der Waals surface area contributed by atoms with Gasteiger partial charge in [-0.3, -0.25) is 0 Å². The third kappa shape index (κ3) is 9.06. The van der Waals surface area contributed by atoms with E-state index in [0.29, 0.717) is 4.58 Å². The third-order valence-corrected chi connectivity index (χ3v) is 8.28. The van der Waals surface area contributed by atoms with Gasteiger partial charge in [-0.2, -0.15) is 0 Å². The van der Waals surface area contributed by atoms with Crippen molar-refractivity contribution in [3.63, 3.8) is 0 Å². The van der Waals surface area contributed by atoms with Crippen LogP contribution in [0.2, 0.25) is 0 Å². The summed E-state index contributed by atoms with van der Waals surface area (Å²) in [6.45, 7) is 5.55. The Labute approximate surface area is 170 Å². The van der Waals surface area contributed by atoms with Crippen molar-refractivity contribution < 1.29 is 17.0 Å². The van der Waals surface area contributed by atoms with Crippen molar-refractivity contribution in [2.45, 2.75) is 82.8 Å². The molecule has 1 saturated heterocycles. The monoisotopic (exact) mass is 401 g/mol. The number of unbranched alkanes of at least 4 members (excludes halogenated alkanes) is 7. The van der Waals surface area contributed by atoms with Crippen LogP contribution < -0.4 is 17.0 Å². The predicted octanol–water partition coefficient (Wildman–Crippen LogP) is 3.62. The van der Waals surface area contributed by atoms with E-state index in [4.69, 9.17) is 0 Å². The quantitative estimate of drug-likeness (QED) is 0.411. The maximum Gasteiger partial charge on any atom is 0.169 e. The van der Waals surface area contributed by atoms with Crippen molar-refractivity contribution in [3.05, 3.63) is 30.1 Å². The minimum Gasteiger partial charge on any atom is -1.00 e. The van der Waals surface area contributed by atoms with Crippen molar-refractivity contribution in [1.82, 2.24) is 0 Å². The fourth-order valence-electron chi connectivity index (χ4n) is 3.31. The average molecular weight is 402 g/mol. The highest BCUT2D eigenvalue weighted by molar-refractivity contribution is 8.16. The molecular weight excluding hydrogens is 366 g/mol. The molecule has 0 radical (unpaired) electrons. The summed E-state index contributed by atoms with van der Waals surface area (Å²) < 4.78 is 2.90. The molecule has 0 saturated carbocycles. The molecule has 1 nitrogen and oxygen atoms in total. The Balaban J connectivity index is 0.00000312. The van der Waals surface area contributed by atoms with Gasteiger partial charge in [0.1, 0.15) is 6.54 Å². The van der Waals surface area contributed by atoms with E-state index in [1.54, 1.807) is 0 Å². The summed E-state index contributed by atoms with van der Waals surface area (Å²) in [5, 5.41) is 0. The molecule has 0 aromatic carbocycles. The highest BCUT2D eigenvalue weighted by Gasteiger charge is 2.23. The maximum atomic E-state index is 2.31. The molecule has 1 fully saturated rings. The van der Waals surface area contributed by atoms with E-state index in [0.717, 1.165) is 12.5 Å². The fraction of sp³-hybridized carbons (Fsp3) is 0.762. The molecule has 0 bridgehead atoms. The molecule has 144 valence electrons. The van der Waals surface area contributed by atoms with E-state index in [9.17, 15) is 0 Å². The molecule has 1 aliphatic heterocycles. The van der Waals surface area contributed by atoms with Crippen LogP contribution in [0.1, 0.15) is 81.8 Å². The molecule has 0 spiro atoms. The Morgan fingerprint density at radius 2 is 1.44 bits per heavy atom. The Morgan fingerprint density at radius 1 is 0.880 bits per heavy atom. The van der Waals surface area contributed by atoms with Crippen LogP contribution in [0.15, 0.2) is 24.5 Å². The lowest BCUT2D eigenvalue weighted by atomic mass is 10.0. The zero-order chi connectivity index (χ0) is 17.0. The first kappa shape index (κ1) is 23.2. The van der Waals surface area contributed by atoms with Gasteiger partial charge in [0.05, 0.1) is 4.58 Å². The van der Waals surface area contributed by atoms with E-state index in [1.165, 1.54) is 74.9 Å². The molecule has 1 aromatic rings. The summed E-state index contributed by atoms with van der Waals surface area (Å²) in [6.07, 6.45) is 17.4. The lowest BCUT2D eigenvalue weighted by Crippen LogP contribution is -3.00. The van der Waals surface area contributed by atoms with Gasteiger partial charge in [0.15, 0.2) is 12.4 Å². The Kier molecular flexibility index (Phi) is 13.2. The van der Waals surface area contributed by atoms with Crippen LogP contribution >= 0.6 is 23.5 Å². The molecule has 4 heteroatoms. The maximum absolute atomic E-state index is 2.31. The molecule has 25 heavy (non-hydrogen) atoms. The van der Waals surface area contributed by atoms with Crippen LogP contribution in [0.25, 0.3) is 0 Å². The molecule has 0 aliphatic carbocycles. The SMILES string of the molecule is CCCCCCCCCCC1CSC(c2cc[n+](CC)cc2)SC1.[Cl-]. The van der Waals surface area contributed by atoms with Crippen LogP contribution in [0, 0.1) is 5.92 Å². The summed E-state index contributed by atoms with van der Waals surface area (Å²) in [6, 6.07) is 4.63. The molecule has 0 N–H and O–H groups in total. The van der Waals surface area contributed by atoms with Crippen molar-refractivity contribution in [3.8, 4) is 0 Å². The average Bonchev–Trinajstić information content (AvgIpc) is 2.64. The number of thioether (sulfide) groups is 2. The van der Waals surface area contributed by atoms with Gasteiger partial charge < -0.3 is 12.4 Å². The first-order valence-electron chi connectivity index (χ1n) is 10.1. The zero-order valence-corrected chi connectivity index (χ0v) is 18.5. The van der Waals surface area contributed by atoms with Crippen LogP contribution in [-0.4, -0.2) is 11.5 Å². The van der Waals surface area contributed by atoms with Gasteiger partial charge in [-0.1, -0.05) is 58.3 Å². The van der Waals surface area contributed by atoms with Crippen LogP contribution in [-0.2, 0) is 6.54 Å². The van der Waals surface area contributed by atoms with Gasteiger partial charge in [-0.05, 0) is 36.3 Å². The minimum atomic E-state index is 0. The number of nitrogens with zero attached hydrogens (tertiary/aromatic N) is 1. The highest BCUT2D eigenvalue weighted by Crippen LogP contribution is 2.46. The second kappa shape index (κ2) is 14.2. The molecule has 1 aliphatic rings. The number of halogens is 1. The Bertz CT molecular complexity index is 430. The summed E-state index contributed by atoms with van der Waals surface area (Å²) in [7, 11) is 0. The van der Waals surface area contributed by atoms with Crippen LogP contribution in [0.3, 0.4) is 0 Å². The van der Waals surface area contributed by atoms with Crippen molar-refractivity contribution in [1.29, 1.82) is 0 Å². The summed E-state index contributed by atoms with van der Waals surface area (Å²) in [5.41, 5.74) is 1.50. The molecule has 2 heterocycles. The normalized spacial score (nSPS) is 20.2. The van der Waals surface area contributed by atoms with Crippen LogP contribution in [0.4, 0.5) is 0 Å². The lowest BCUT2D eigenvalue weighted by molar-refractivity contribution is -0.693. The first-order chi connectivity index (χ1) is 11.8. The van der Waals surface area contributed by atoms with Gasteiger partial charge >= 0.3 is 0 Å². The molecule has 0 unspecified atom stereocenters. The van der Waals surface area contributed by atoms with Gasteiger partial charge in [-0.15, -0.1) is 23.5 Å². The topological polar surface area (TPSA) is 3.88 Å². The van der Waals surface area contributed by atoms with E-state index in [-0.39, 0.29) is 12.4 Å². The number of pyridine rings is 1. The Morgan fingerprint density at radius 3 is 2.00 bits per heavy atom. The van der Waals surface area contributed by atoms with Crippen LogP contribution in [0.5, 0.6) is 0 Å². The van der Waals surface area contributed by atoms with E-state index in [1.807, 2.05) is 0 Å². The highest BCUT2D eigenvalue weighted by atomic mass is 35.5. The van der Waals surface area contributed by atoms with Crippen molar-refractivity contribution in [2.24, 2.45) is 5.92 Å². The van der Waals surface area contributed by atoms with Crippen molar-refractivity contribution in [2.75, 3.05) is 11.5 Å². The fourth-order valence-corrected chi connectivity index (χ4v) is 6.47. The summed E-state index contributed by atoms with van der Waals surface area (Å²) in [4.78, 5) is 0. The largest absolute Gasteiger partial charge is 1.00 e. The number of aromatic nitrogens is 1. The third-order valence-electron chi connectivity index (χ3n) is 4.99. The number of rotatable bonds is 11. The molecular formula is C21H36ClNS2. The lowest BCUT2D eigenvalue weighted by Gasteiger charge is -2.27. The van der Waals surface area contributed by atoms with Gasteiger partial charge in [0.2, 0.25) is 0 Å². The smallest absolute Gasteiger partial charge is 0.169 e. The number of hydrogen-bond donors (Lipinski definition) is 0. The van der Waals surface area contributed by atoms with Gasteiger partial charge in [-0.25, -0.2) is 4.57 Å². The minimum absolute atomic E-state index is 0. The Hall–Kier alpha value is 0.140. The number of aryl methyl sites for hydroxylation is 1. The summed E-state index contributed by atoms with van der Waals surface area (Å²) >= 11 is 4.34.